The summed E-state index contributed by atoms with van der Waals surface area (Å²) in [4.78, 5) is 0.921. The molecule has 3 atom stereocenters. The zero-order chi connectivity index (χ0) is 15.0. The maximum atomic E-state index is 12.3. The number of rotatable bonds is 3. The molecule has 0 amide bonds. The third-order valence-electron chi connectivity index (χ3n) is 5.20. The van der Waals surface area contributed by atoms with E-state index in [-0.39, 0.29) is 5.79 Å². The van der Waals surface area contributed by atoms with Crippen LogP contribution >= 0.6 is 0 Å². The van der Waals surface area contributed by atoms with Crippen LogP contribution in [0.1, 0.15) is 25.7 Å². The van der Waals surface area contributed by atoms with Gasteiger partial charge in [0, 0.05) is 23.5 Å². The summed E-state index contributed by atoms with van der Waals surface area (Å²) < 4.78 is 24.0. The third kappa shape index (κ3) is 2.80. The van der Waals surface area contributed by atoms with Crippen molar-refractivity contribution in [2.45, 2.75) is 36.4 Å². The van der Waals surface area contributed by atoms with E-state index in [2.05, 4.69) is 6.08 Å². The van der Waals surface area contributed by atoms with Crippen LogP contribution in [0.2, 0.25) is 0 Å². The highest BCUT2D eigenvalue weighted by atomic mass is 32.2. The molecule has 3 fully saturated rings. The lowest BCUT2D eigenvalue weighted by Gasteiger charge is -2.22. The molecule has 1 unspecified atom stereocenters. The summed E-state index contributed by atoms with van der Waals surface area (Å²) >= 11 is 0. The van der Waals surface area contributed by atoms with Crippen molar-refractivity contribution in [2.75, 3.05) is 19.0 Å². The first-order valence-electron chi connectivity index (χ1n) is 8.13. The average Bonchev–Trinajstić information content (AvgIpc) is 3.22. The summed E-state index contributed by atoms with van der Waals surface area (Å²) in [6, 6.07) is 9.73. The summed E-state index contributed by atoms with van der Waals surface area (Å²) in [7, 11) is -0.920. The van der Waals surface area contributed by atoms with Crippen molar-refractivity contribution in [1.82, 2.24) is 0 Å². The van der Waals surface area contributed by atoms with E-state index in [1.54, 1.807) is 0 Å². The predicted octanol–water partition coefficient (Wildman–Crippen LogP) is 3.28. The van der Waals surface area contributed by atoms with Gasteiger partial charge in [-0.05, 0) is 36.8 Å². The monoisotopic (exact) mass is 318 g/mol. The second-order valence-corrected chi connectivity index (χ2v) is 8.13. The van der Waals surface area contributed by atoms with Crippen LogP contribution in [0.3, 0.4) is 0 Å². The fourth-order valence-corrected chi connectivity index (χ4v) is 5.25. The van der Waals surface area contributed by atoms with Gasteiger partial charge in [-0.25, -0.2) is 0 Å². The van der Waals surface area contributed by atoms with Gasteiger partial charge in [0.25, 0.3) is 0 Å². The maximum absolute atomic E-state index is 12.3. The first kappa shape index (κ1) is 14.6. The summed E-state index contributed by atoms with van der Waals surface area (Å²) in [5.41, 5.74) is 1.48. The molecule has 4 heteroatoms. The molecule has 4 rings (SSSR count). The van der Waals surface area contributed by atoms with E-state index in [1.807, 2.05) is 30.3 Å². The largest absolute Gasteiger partial charge is 0.348 e. The molecule has 0 radical (unpaired) electrons. The Balaban J connectivity index is 1.35. The smallest absolute Gasteiger partial charge is 0.169 e. The predicted molar refractivity (Wildman–Crippen MR) is 85.9 cm³/mol. The quantitative estimate of drug-likeness (QED) is 0.802. The molecule has 3 aliphatic rings. The van der Waals surface area contributed by atoms with Gasteiger partial charge in [-0.2, -0.15) is 0 Å². The Morgan fingerprint density at radius 1 is 1.09 bits per heavy atom. The van der Waals surface area contributed by atoms with Gasteiger partial charge in [0.2, 0.25) is 0 Å². The number of hydrogen-bond acceptors (Lipinski definition) is 3. The molecule has 1 aliphatic heterocycles. The molecular formula is C18H22O3S. The minimum absolute atomic E-state index is 0.256. The van der Waals surface area contributed by atoms with Crippen molar-refractivity contribution in [2.24, 2.45) is 11.8 Å². The Hall–Kier alpha value is -0.970. The fourth-order valence-electron chi connectivity index (χ4n) is 4.21. The van der Waals surface area contributed by atoms with E-state index in [1.165, 1.54) is 5.57 Å². The molecule has 1 heterocycles. The van der Waals surface area contributed by atoms with Crippen LogP contribution in [0.5, 0.6) is 0 Å². The minimum Gasteiger partial charge on any atom is -0.348 e. The lowest BCUT2D eigenvalue weighted by atomic mass is 10.0. The Bertz CT molecular complexity index is 572. The van der Waals surface area contributed by atoms with Crippen molar-refractivity contribution in [3.63, 3.8) is 0 Å². The number of hydrogen-bond donors (Lipinski definition) is 0. The van der Waals surface area contributed by atoms with E-state index in [0.29, 0.717) is 17.6 Å². The Morgan fingerprint density at radius 2 is 1.73 bits per heavy atom. The van der Waals surface area contributed by atoms with Gasteiger partial charge in [0.15, 0.2) is 5.79 Å². The van der Waals surface area contributed by atoms with Crippen LogP contribution < -0.4 is 0 Å². The van der Waals surface area contributed by atoms with E-state index in [4.69, 9.17) is 9.47 Å². The number of ether oxygens (including phenoxy) is 2. The van der Waals surface area contributed by atoms with Crippen molar-refractivity contribution < 1.29 is 13.7 Å². The summed E-state index contributed by atoms with van der Waals surface area (Å²) in [5.74, 6) is 1.76. The van der Waals surface area contributed by atoms with Crippen molar-refractivity contribution in [3.8, 4) is 0 Å². The van der Waals surface area contributed by atoms with Crippen molar-refractivity contribution in [3.05, 3.63) is 42.0 Å². The molecule has 3 nitrogen and oxygen atoms in total. The fraction of sp³-hybridized carbons (Fsp3) is 0.556. The van der Waals surface area contributed by atoms with Crippen LogP contribution in [0.15, 0.2) is 46.9 Å². The van der Waals surface area contributed by atoms with Crippen LogP contribution in [0.25, 0.3) is 0 Å². The second-order valence-electron chi connectivity index (χ2n) is 6.63. The van der Waals surface area contributed by atoms with Gasteiger partial charge in [-0.1, -0.05) is 29.8 Å². The molecule has 1 spiro atoms. The van der Waals surface area contributed by atoms with Crippen LogP contribution in [-0.2, 0) is 20.3 Å². The molecule has 1 aromatic rings. The molecule has 22 heavy (non-hydrogen) atoms. The Kier molecular flexibility index (Phi) is 3.93. The highest BCUT2D eigenvalue weighted by Gasteiger charge is 2.51. The van der Waals surface area contributed by atoms with E-state index < -0.39 is 10.8 Å². The van der Waals surface area contributed by atoms with Gasteiger partial charge in [-0.15, -0.1) is 0 Å². The van der Waals surface area contributed by atoms with E-state index >= 15 is 0 Å². The van der Waals surface area contributed by atoms with Crippen molar-refractivity contribution in [1.29, 1.82) is 0 Å². The molecule has 0 N–H and O–H groups in total. The van der Waals surface area contributed by atoms with Gasteiger partial charge in [0.05, 0.1) is 24.0 Å². The summed E-state index contributed by atoms with van der Waals surface area (Å²) in [5, 5.41) is 0. The third-order valence-corrected chi connectivity index (χ3v) is 6.47. The van der Waals surface area contributed by atoms with E-state index in [0.717, 1.165) is 43.8 Å². The summed E-state index contributed by atoms with van der Waals surface area (Å²) in [6.45, 7) is 1.50. The first-order valence-corrected chi connectivity index (χ1v) is 9.45. The van der Waals surface area contributed by atoms with Gasteiger partial charge < -0.3 is 9.47 Å². The first-order chi connectivity index (χ1) is 10.7. The van der Waals surface area contributed by atoms with E-state index in [9.17, 15) is 4.21 Å². The topological polar surface area (TPSA) is 35.5 Å². The molecule has 2 saturated carbocycles. The second kappa shape index (κ2) is 5.91. The normalized spacial score (nSPS) is 32.6. The lowest BCUT2D eigenvalue weighted by Crippen LogP contribution is -2.26. The van der Waals surface area contributed by atoms with Gasteiger partial charge in [-0.3, -0.25) is 4.21 Å². The van der Waals surface area contributed by atoms with Crippen LogP contribution in [0, 0.1) is 11.8 Å². The molecule has 0 bridgehead atoms. The summed E-state index contributed by atoms with van der Waals surface area (Å²) in [6.07, 6.45) is 6.55. The molecular weight excluding hydrogens is 296 g/mol. The molecule has 1 aromatic carbocycles. The number of allylic oxidation sites excluding steroid dienone is 1. The van der Waals surface area contributed by atoms with Crippen LogP contribution in [0.4, 0.5) is 0 Å². The zero-order valence-electron chi connectivity index (χ0n) is 12.7. The molecule has 0 aromatic heterocycles. The van der Waals surface area contributed by atoms with Gasteiger partial charge >= 0.3 is 0 Å². The van der Waals surface area contributed by atoms with Crippen LogP contribution in [-0.4, -0.2) is 29.0 Å². The molecule has 118 valence electrons. The molecule has 1 saturated heterocycles. The highest BCUT2D eigenvalue weighted by Crippen LogP contribution is 2.53. The molecule has 2 aliphatic carbocycles. The van der Waals surface area contributed by atoms with Crippen molar-refractivity contribution >= 4 is 10.8 Å². The number of benzene rings is 1. The SMILES string of the molecule is O=S(CC=C1C[C@@H]2CC3(C[C@@H]2C1)OCCO3)c1ccccc1. The standard InChI is InChI=1S/C18H22O3S/c19-22(17-4-2-1-3-5-17)9-6-14-10-15-12-18(13-16(15)11-14)20-7-8-21-18/h1-6,15-16H,7-13H2/t15-,16+,22?. The highest BCUT2D eigenvalue weighted by molar-refractivity contribution is 7.85. The lowest BCUT2D eigenvalue weighted by molar-refractivity contribution is -0.154. The minimum atomic E-state index is -0.920. The Morgan fingerprint density at radius 3 is 2.36 bits per heavy atom. The zero-order valence-corrected chi connectivity index (χ0v) is 13.5. The van der Waals surface area contributed by atoms with Gasteiger partial charge in [0.1, 0.15) is 0 Å². The number of fused-ring (bicyclic) bond motifs is 1. The Labute approximate surface area is 134 Å². The maximum Gasteiger partial charge on any atom is 0.169 e. The average molecular weight is 318 g/mol.